The minimum atomic E-state index is -0.0449. The van der Waals surface area contributed by atoms with Crippen LogP contribution in [0.15, 0.2) is 18.3 Å². The maximum absolute atomic E-state index is 12.3. The standard InChI is InChI=1S/C14H20N4OS/c1-10-5-3-7-16-12(10)17-13(19)11-6-4-8-18(9-11)14(20)15-2/h3,5,7,11H,4,6,8-9H2,1-2H3,(H,15,20)(H,16,17,19). The number of amides is 1. The fraction of sp³-hybridized carbons (Fsp3) is 0.500. The number of rotatable bonds is 2. The van der Waals surface area contributed by atoms with Gasteiger partial charge in [0.15, 0.2) is 5.11 Å². The summed E-state index contributed by atoms with van der Waals surface area (Å²) < 4.78 is 0. The first-order chi connectivity index (χ1) is 9.61. The molecular weight excluding hydrogens is 272 g/mol. The van der Waals surface area contributed by atoms with Gasteiger partial charge in [-0.25, -0.2) is 4.98 Å². The Bertz CT molecular complexity index is 506. The third kappa shape index (κ3) is 3.45. The lowest BCUT2D eigenvalue weighted by Crippen LogP contribution is -2.46. The van der Waals surface area contributed by atoms with Gasteiger partial charge in [-0.1, -0.05) is 6.07 Å². The Labute approximate surface area is 124 Å². The highest BCUT2D eigenvalue weighted by molar-refractivity contribution is 7.80. The molecule has 0 aliphatic carbocycles. The summed E-state index contributed by atoms with van der Waals surface area (Å²) in [6, 6.07) is 3.80. The Morgan fingerprint density at radius 1 is 1.55 bits per heavy atom. The number of carbonyl (C=O) groups is 1. The van der Waals surface area contributed by atoms with Gasteiger partial charge in [0.25, 0.3) is 0 Å². The van der Waals surface area contributed by atoms with Crippen molar-refractivity contribution < 1.29 is 4.79 Å². The summed E-state index contributed by atoms with van der Waals surface area (Å²) in [6.07, 6.45) is 3.55. The fourth-order valence-electron chi connectivity index (χ4n) is 2.37. The van der Waals surface area contributed by atoms with Crippen LogP contribution < -0.4 is 10.6 Å². The van der Waals surface area contributed by atoms with Gasteiger partial charge in [0, 0.05) is 26.3 Å². The van der Waals surface area contributed by atoms with Crippen LogP contribution >= 0.6 is 12.2 Å². The van der Waals surface area contributed by atoms with E-state index in [1.807, 2.05) is 31.0 Å². The first-order valence-electron chi connectivity index (χ1n) is 6.81. The number of hydrogen-bond donors (Lipinski definition) is 2. The van der Waals surface area contributed by atoms with E-state index in [9.17, 15) is 4.79 Å². The molecule has 2 heterocycles. The normalized spacial score (nSPS) is 18.5. The van der Waals surface area contributed by atoms with Crippen LogP contribution in [0.4, 0.5) is 5.82 Å². The molecule has 2 rings (SSSR count). The highest BCUT2D eigenvalue weighted by Gasteiger charge is 2.27. The number of thiocarbonyl (C=S) groups is 1. The van der Waals surface area contributed by atoms with E-state index in [0.717, 1.165) is 24.9 Å². The largest absolute Gasteiger partial charge is 0.366 e. The second kappa shape index (κ2) is 6.65. The molecule has 0 saturated carbocycles. The molecule has 1 atom stereocenters. The Morgan fingerprint density at radius 2 is 2.35 bits per heavy atom. The summed E-state index contributed by atoms with van der Waals surface area (Å²) in [5, 5.41) is 6.59. The molecule has 0 spiro atoms. The highest BCUT2D eigenvalue weighted by Crippen LogP contribution is 2.19. The molecule has 0 bridgehead atoms. The van der Waals surface area contributed by atoms with Crippen molar-refractivity contribution in [2.75, 3.05) is 25.5 Å². The second-order valence-corrected chi connectivity index (χ2v) is 5.39. The predicted octanol–water partition coefficient (Wildman–Crippen LogP) is 1.54. The van der Waals surface area contributed by atoms with Crippen LogP contribution in [-0.4, -0.2) is 41.0 Å². The van der Waals surface area contributed by atoms with E-state index in [-0.39, 0.29) is 11.8 Å². The van der Waals surface area contributed by atoms with E-state index in [1.165, 1.54) is 0 Å². The molecule has 0 radical (unpaired) electrons. The van der Waals surface area contributed by atoms with Crippen molar-refractivity contribution in [2.45, 2.75) is 19.8 Å². The molecule has 2 N–H and O–H groups in total. The van der Waals surface area contributed by atoms with Crippen LogP contribution in [0, 0.1) is 12.8 Å². The molecule has 1 fully saturated rings. The Balaban J connectivity index is 1.99. The van der Waals surface area contributed by atoms with Crippen molar-refractivity contribution in [3.8, 4) is 0 Å². The van der Waals surface area contributed by atoms with Crippen molar-refractivity contribution in [2.24, 2.45) is 5.92 Å². The van der Waals surface area contributed by atoms with E-state index in [4.69, 9.17) is 12.2 Å². The second-order valence-electron chi connectivity index (χ2n) is 5.00. The average Bonchev–Trinajstić information content (AvgIpc) is 2.49. The number of carbonyl (C=O) groups excluding carboxylic acids is 1. The van der Waals surface area contributed by atoms with Crippen molar-refractivity contribution in [1.29, 1.82) is 0 Å². The van der Waals surface area contributed by atoms with Crippen molar-refractivity contribution >= 4 is 29.1 Å². The third-order valence-corrected chi connectivity index (χ3v) is 4.01. The van der Waals surface area contributed by atoms with Gasteiger partial charge in [0.1, 0.15) is 5.82 Å². The van der Waals surface area contributed by atoms with Crippen LogP contribution in [0.2, 0.25) is 0 Å². The van der Waals surface area contributed by atoms with Gasteiger partial charge in [-0.15, -0.1) is 0 Å². The molecule has 1 aromatic rings. The molecule has 1 amide bonds. The van der Waals surface area contributed by atoms with Gasteiger partial charge < -0.3 is 15.5 Å². The maximum atomic E-state index is 12.3. The van der Waals surface area contributed by atoms with Crippen molar-refractivity contribution in [3.63, 3.8) is 0 Å². The molecule has 1 unspecified atom stereocenters. The van der Waals surface area contributed by atoms with E-state index < -0.39 is 0 Å². The highest BCUT2D eigenvalue weighted by atomic mass is 32.1. The topological polar surface area (TPSA) is 57.3 Å². The Hall–Kier alpha value is -1.69. The summed E-state index contributed by atoms with van der Waals surface area (Å²) in [5.74, 6) is 0.623. The molecule has 108 valence electrons. The summed E-state index contributed by atoms with van der Waals surface area (Å²) >= 11 is 5.24. The lowest BCUT2D eigenvalue weighted by atomic mass is 9.97. The number of aryl methyl sites for hydroxylation is 1. The molecule has 1 aromatic heterocycles. The molecule has 6 heteroatoms. The van der Waals surface area contributed by atoms with E-state index in [0.29, 0.717) is 17.5 Å². The number of likely N-dealkylation sites (tertiary alicyclic amines) is 1. The predicted molar refractivity (Wildman–Crippen MR) is 83.6 cm³/mol. The van der Waals surface area contributed by atoms with Crippen LogP contribution in [0.1, 0.15) is 18.4 Å². The molecule has 20 heavy (non-hydrogen) atoms. The van der Waals surface area contributed by atoms with Gasteiger partial charge in [-0.05, 0) is 43.6 Å². The number of anilines is 1. The summed E-state index contributed by atoms with van der Waals surface area (Å²) in [5.41, 5.74) is 0.972. The number of nitrogens with one attached hydrogen (secondary N) is 2. The number of nitrogens with zero attached hydrogens (tertiary/aromatic N) is 2. The van der Waals surface area contributed by atoms with Crippen LogP contribution in [-0.2, 0) is 4.79 Å². The van der Waals surface area contributed by atoms with Crippen molar-refractivity contribution in [3.05, 3.63) is 23.9 Å². The minimum Gasteiger partial charge on any atom is -0.366 e. The number of hydrogen-bond acceptors (Lipinski definition) is 3. The van der Waals surface area contributed by atoms with Gasteiger partial charge in [-0.3, -0.25) is 4.79 Å². The van der Waals surface area contributed by atoms with Crippen LogP contribution in [0.5, 0.6) is 0 Å². The zero-order chi connectivity index (χ0) is 14.5. The minimum absolute atomic E-state index is 0.0235. The number of aromatic nitrogens is 1. The molecule has 0 aromatic carbocycles. The van der Waals surface area contributed by atoms with Crippen molar-refractivity contribution in [1.82, 2.24) is 15.2 Å². The maximum Gasteiger partial charge on any atom is 0.230 e. The molecular formula is C14H20N4OS. The van der Waals surface area contributed by atoms with E-state index in [1.54, 1.807) is 6.20 Å². The molecule has 1 aliphatic rings. The molecule has 1 aliphatic heterocycles. The smallest absolute Gasteiger partial charge is 0.230 e. The first-order valence-corrected chi connectivity index (χ1v) is 7.21. The molecule has 1 saturated heterocycles. The van der Waals surface area contributed by atoms with Gasteiger partial charge in [0.2, 0.25) is 5.91 Å². The first kappa shape index (κ1) is 14.7. The third-order valence-electron chi connectivity index (χ3n) is 3.54. The van der Waals surface area contributed by atoms with Crippen LogP contribution in [0.3, 0.4) is 0 Å². The van der Waals surface area contributed by atoms with Crippen LogP contribution in [0.25, 0.3) is 0 Å². The average molecular weight is 292 g/mol. The Kier molecular flexibility index (Phi) is 4.89. The van der Waals surface area contributed by atoms with Gasteiger partial charge >= 0.3 is 0 Å². The molecule has 5 nitrogen and oxygen atoms in total. The Morgan fingerprint density at radius 3 is 3.05 bits per heavy atom. The summed E-state index contributed by atoms with van der Waals surface area (Å²) in [7, 11) is 1.81. The SMILES string of the molecule is CNC(=S)N1CCCC(C(=O)Nc2ncccc2C)C1. The lowest BCUT2D eigenvalue weighted by Gasteiger charge is -2.33. The van der Waals surface area contributed by atoms with E-state index in [2.05, 4.69) is 15.6 Å². The number of pyridine rings is 1. The summed E-state index contributed by atoms with van der Waals surface area (Å²) in [6.45, 7) is 3.51. The zero-order valence-corrected chi connectivity index (χ0v) is 12.7. The fourth-order valence-corrected chi connectivity index (χ4v) is 2.53. The lowest BCUT2D eigenvalue weighted by molar-refractivity contribution is -0.121. The summed E-state index contributed by atoms with van der Waals surface area (Å²) in [4.78, 5) is 18.6. The monoisotopic (exact) mass is 292 g/mol. The number of piperidine rings is 1. The van der Waals surface area contributed by atoms with Gasteiger partial charge in [-0.2, -0.15) is 0 Å². The van der Waals surface area contributed by atoms with Gasteiger partial charge in [0.05, 0.1) is 5.92 Å². The van der Waals surface area contributed by atoms with E-state index >= 15 is 0 Å². The quantitative estimate of drug-likeness (QED) is 0.810. The zero-order valence-electron chi connectivity index (χ0n) is 11.8.